The molecule has 0 bridgehead atoms. The van der Waals surface area contributed by atoms with Gasteiger partial charge in [-0.2, -0.15) is 0 Å². The van der Waals surface area contributed by atoms with E-state index in [1.54, 1.807) is 32.9 Å². The van der Waals surface area contributed by atoms with E-state index in [9.17, 15) is 48.8 Å². The van der Waals surface area contributed by atoms with Crippen LogP contribution >= 0.6 is 0 Å². The first-order valence-electron chi connectivity index (χ1n) is 20.6. The first-order chi connectivity index (χ1) is 31.0. The molecule has 3 rings (SSSR count). The third-order valence-electron chi connectivity index (χ3n) is 9.60. The summed E-state index contributed by atoms with van der Waals surface area (Å²) in [4.78, 5) is 99.0. The number of benzene rings is 2. The third-order valence-corrected chi connectivity index (χ3v) is 9.60. The zero-order chi connectivity index (χ0) is 47.8. The van der Waals surface area contributed by atoms with Gasteiger partial charge in [0.2, 0.25) is 17.7 Å². The Morgan fingerprint density at radius 3 is 2.26 bits per heavy atom. The van der Waals surface area contributed by atoms with Gasteiger partial charge in [0.05, 0.1) is 31.3 Å². The molecule has 1 aliphatic heterocycles. The number of rotatable bonds is 28. The van der Waals surface area contributed by atoms with Gasteiger partial charge in [-0.05, 0) is 67.7 Å². The number of non-ortho nitro benzene ring substituents is 1. The van der Waals surface area contributed by atoms with Crippen molar-refractivity contribution in [1.82, 2.24) is 26.2 Å². The highest BCUT2D eigenvalue weighted by molar-refractivity contribution is 6.12. The van der Waals surface area contributed by atoms with Crippen molar-refractivity contribution < 1.29 is 62.5 Å². The molecule has 3 atom stereocenters. The van der Waals surface area contributed by atoms with Crippen LogP contribution in [-0.4, -0.2) is 121 Å². The van der Waals surface area contributed by atoms with Crippen LogP contribution in [-0.2, 0) is 49.6 Å². The fraction of sp³-hybridized carbons (Fsp3) is 0.442. The molecule has 0 saturated heterocycles. The van der Waals surface area contributed by atoms with Crippen LogP contribution in [0.5, 0.6) is 5.75 Å². The molecular formula is C43H56N8O14. The number of ether oxygens (including phenoxy) is 4. The van der Waals surface area contributed by atoms with E-state index in [0.29, 0.717) is 37.1 Å². The Morgan fingerprint density at radius 2 is 1.62 bits per heavy atom. The number of anilines is 1. The van der Waals surface area contributed by atoms with Crippen molar-refractivity contribution in [3.8, 4) is 5.75 Å². The molecule has 65 heavy (non-hydrogen) atoms. The van der Waals surface area contributed by atoms with Crippen LogP contribution in [0.25, 0.3) is 0 Å². The Hall–Kier alpha value is -6.81. The van der Waals surface area contributed by atoms with Crippen LogP contribution in [0.3, 0.4) is 0 Å². The summed E-state index contributed by atoms with van der Waals surface area (Å²) < 4.78 is 20.8. The molecule has 2 aromatic rings. The highest BCUT2D eigenvalue weighted by Gasteiger charge is 2.39. The molecule has 3 unspecified atom stereocenters. The summed E-state index contributed by atoms with van der Waals surface area (Å²) in [5.74, 6) is -3.16. The fourth-order valence-electron chi connectivity index (χ4n) is 5.56. The van der Waals surface area contributed by atoms with Crippen molar-refractivity contribution in [3.05, 3.63) is 94.2 Å². The number of nitrogens with one attached hydrogen (secondary N) is 5. The summed E-state index contributed by atoms with van der Waals surface area (Å²) in [5.41, 5.74) is 7.33. The first-order valence-corrected chi connectivity index (χ1v) is 20.6. The molecule has 0 spiro atoms. The lowest BCUT2D eigenvalue weighted by molar-refractivity contribution is -0.384. The molecule has 0 aromatic heterocycles. The number of nitrogens with zero attached hydrogens (tertiary/aromatic N) is 2. The van der Waals surface area contributed by atoms with Gasteiger partial charge in [-0.1, -0.05) is 32.4 Å². The van der Waals surface area contributed by atoms with Crippen LogP contribution < -0.4 is 37.1 Å². The van der Waals surface area contributed by atoms with E-state index in [4.69, 9.17) is 24.7 Å². The van der Waals surface area contributed by atoms with Gasteiger partial charge in [-0.25, -0.2) is 4.79 Å². The van der Waals surface area contributed by atoms with Crippen LogP contribution in [0.1, 0.15) is 52.0 Å². The molecule has 8 N–H and O–H groups in total. The van der Waals surface area contributed by atoms with Crippen molar-refractivity contribution in [3.63, 3.8) is 0 Å². The quantitative estimate of drug-likeness (QED) is 0.00929. The number of carbonyl (C=O) groups excluding carboxylic acids is 7. The number of unbranched alkanes of at least 4 members (excludes halogenated alkanes) is 2. The molecule has 1 heterocycles. The van der Waals surface area contributed by atoms with E-state index in [0.717, 1.165) is 4.90 Å². The van der Waals surface area contributed by atoms with Gasteiger partial charge in [0, 0.05) is 49.5 Å². The minimum absolute atomic E-state index is 0.0515. The largest absolute Gasteiger partial charge is 0.514 e. The number of nitro groups is 1. The number of amides is 6. The molecule has 6 amide bonds. The lowest BCUT2D eigenvalue weighted by atomic mass is 9.86. The smallest absolute Gasteiger partial charge is 0.429 e. The van der Waals surface area contributed by atoms with Gasteiger partial charge >= 0.3 is 6.16 Å². The van der Waals surface area contributed by atoms with E-state index in [1.807, 2.05) is 0 Å². The minimum atomic E-state index is -1.44. The van der Waals surface area contributed by atoms with Gasteiger partial charge in [0.1, 0.15) is 30.5 Å². The van der Waals surface area contributed by atoms with Crippen LogP contribution in [0.4, 0.5) is 16.2 Å². The summed E-state index contributed by atoms with van der Waals surface area (Å²) in [5, 5.41) is 33.6. The molecule has 22 nitrogen and oxygen atoms in total. The number of nitro benzene ring substituents is 1. The number of hydrogen-bond acceptors (Lipinski definition) is 16. The number of aliphatic hydroxyl groups is 1. The maximum absolute atomic E-state index is 13.8. The van der Waals surface area contributed by atoms with E-state index < -0.39 is 52.7 Å². The van der Waals surface area contributed by atoms with Gasteiger partial charge in [-0.3, -0.25) is 54.8 Å². The standard InChI is InChI=1S/C43H56N8O14/c1-29(2)43(3,49-35(52)10-5-4-7-21-45-36(53)28-63-26-25-62-24-23-50-37(54)19-20-38(50)55)40(57)48-34(9-6-8-22-46-41(44)58)39(56)47-31-13-11-30(12-14-31)27-64-42(59)65-33-17-15-32(16-18-33)51(60)61/h8-9,11-20,29,34,41,46,58H,4-5,7,10,21-28,44H2,1-3H3,(H,45,53)(H,47,56)(H,48,57)(H,49,52). The van der Waals surface area contributed by atoms with Crippen molar-refractivity contribution in [1.29, 1.82) is 0 Å². The predicted molar refractivity (Wildman–Crippen MR) is 232 cm³/mol. The number of nitrogens with two attached hydrogens (primary N) is 1. The second-order valence-electron chi connectivity index (χ2n) is 14.8. The average Bonchev–Trinajstić information content (AvgIpc) is 3.58. The SMILES string of the molecule is CC(C)C(C)(NC(=O)CCCCCNC(=O)COCCOCCN1C(=O)C=CC1=O)C(=O)NC(C=C=CCNC(N)O)C(=O)Nc1ccc(COC(=O)Oc2ccc([N+](=O)[O-])cc2)cc1. The maximum atomic E-state index is 13.8. The molecule has 0 fully saturated rings. The molecule has 2 aromatic carbocycles. The Labute approximate surface area is 375 Å². The van der Waals surface area contributed by atoms with Crippen LogP contribution in [0.15, 0.2) is 78.6 Å². The summed E-state index contributed by atoms with van der Waals surface area (Å²) in [6.07, 6.45) is 4.55. The highest BCUT2D eigenvalue weighted by Crippen LogP contribution is 2.20. The third kappa shape index (κ3) is 19.2. The molecule has 0 saturated carbocycles. The summed E-state index contributed by atoms with van der Waals surface area (Å²) in [7, 11) is 0. The highest BCUT2D eigenvalue weighted by atomic mass is 16.7. The Balaban J connectivity index is 1.44. The van der Waals surface area contributed by atoms with E-state index in [1.165, 1.54) is 60.7 Å². The van der Waals surface area contributed by atoms with E-state index >= 15 is 0 Å². The molecular weight excluding hydrogens is 853 g/mol. The minimum Gasteiger partial charge on any atom is -0.429 e. The normalized spacial score (nSPS) is 13.8. The zero-order valence-corrected chi connectivity index (χ0v) is 36.4. The second-order valence-corrected chi connectivity index (χ2v) is 14.8. The Kier molecular flexibility index (Phi) is 22.1. The fourth-order valence-corrected chi connectivity index (χ4v) is 5.56. The van der Waals surface area contributed by atoms with Gasteiger partial charge in [-0.15, -0.1) is 5.73 Å². The summed E-state index contributed by atoms with van der Waals surface area (Å²) in [6, 6.07) is 9.82. The number of hydrogen-bond donors (Lipinski definition) is 7. The van der Waals surface area contributed by atoms with E-state index in [-0.39, 0.29) is 81.7 Å². The average molecular weight is 909 g/mol. The van der Waals surface area contributed by atoms with Crippen LogP contribution in [0, 0.1) is 16.0 Å². The number of imide groups is 1. The number of aliphatic hydroxyl groups excluding tert-OH is 1. The van der Waals surface area contributed by atoms with E-state index in [2.05, 4.69) is 32.3 Å². The molecule has 0 aliphatic carbocycles. The van der Waals surface area contributed by atoms with Crippen molar-refractivity contribution in [2.24, 2.45) is 11.7 Å². The lowest BCUT2D eigenvalue weighted by Crippen LogP contribution is -2.62. The topological polar surface area (TPSA) is 309 Å². The maximum Gasteiger partial charge on any atom is 0.514 e. The van der Waals surface area contributed by atoms with Crippen molar-refractivity contribution in [2.45, 2.75) is 71.0 Å². The summed E-state index contributed by atoms with van der Waals surface area (Å²) in [6.45, 7) is 5.70. The van der Waals surface area contributed by atoms with Gasteiger partial charge < -0.3 is 45.3 Å². The van der Waals surface area contributed by atoms with Crippen molar-refractivity contribution >= 4 is 53.0 Å². The van der Waals surface area contributed by atoms with Gasteiger partial charge in [0.25, 0.3) is 23.4 Å². The lowest BCUT2D eigenvalue weighted by Gasteiger charge is -2.34. The second kappa shape index (κ2) is 27.4. The zero-order valence-electron chi connectivity index (χ0n) is 36.4. The molecule has 1 aliphatic rings. The number of carbonyl (C=O) groups is 7. The molecule has 22 heteroatoms. The first kappa shape index (κ1) is 52.5. The molecule has 352 valence electrons. The predicted octanol–water partition coefficient (Wildman–Crippen LogP) is 1.43. The summed E-state index contributed by atoms with van der Waals surface area (Å²) >= 11 is 0. The Morgan fingerprint density at radius 1 is 0.938 bits per heavy atom. The van der Waals surface area contributed by atoms with Crippen LogP contribution in [0.2, 0.25) is 0 Å². The molecule has 0 radical (unpaired) electrons. The van der Waals surface area contributed by atoms with Gasteiger partial charge in [0.15, 0.2) is 6.35 Å². The Bertz CT molecular complexity index is 2030. The van der Waals surface area contributed by atoms with Crippen molar-refractivity contribution in [2.75, 3.05) is 51.4 Å². The monoisotopic (exact) mass is 908 g/mol.